The molecule has 0 saturated carbocycles. The number of hydrogen-bond donors (Lipinski definition) is 0. The molecular formula is C22H22N2O3S. The Morgan fingerprint density at radius 3 is 2.68 bits per heavy atom. The van der Waals surface area contributed by atoms with E-state index in [2.05, 4.69) is 17.1 Å². The average Bonchev–Trinajstić information content (AvgIpc) is 3.34. The third kappa shape index (κ3) is 4.02. The zero-order chi connectivity index (χ0) is 19.5. The molecule has 1 atom stereocenters. The molecule has 4 rings (SSSR count). The molecular weight excluding hydrogens is 372 g/mol. The second-order valence-electron chi connectivity index (χ2n) is 6.91. The normalized spacial score (nSPS) is 13.4. The summed E-state index contributed by atoms with van der Waals surface area (Å²) in [6, 6.07) is 16.0. The number of aromatic nitrogens is 1. The Bertz CT molecular complexity index is 971. The van der Waals surface area contributed by atoms with Crippen LogP contribution in [-0.2, 0) is 11.3 Å². The predicted molar refractivity (Wildman–Crippen MR) is 109 cm³/mol. The number of carbonyl (C=O) groups is 1. The van der Waals surface area contributed by atoms with Crippen LogP contribution in [0.15, 0.2) is 53.9 Å². The van der Waals surface area contributed by atoms with E-state index in [1.165, 1.54) is 0 Å². The number of nitrogens with zero attached hydrogens (tertiary/aromatic N) is 2. The molecule has 1 aliphatic rings. The van der Waals surface area contributed by atoms with Gasteiger partial charge in [-0.05, 0) is 30.2 Å². The highest BCUT2D eigenvalue weighted by atomic mass is 32.1. The minimum absolute atomic E-state index is 0.0521. The number of ether oxygens (including phenoxy) is 2. The van der Waals surface area contributed by atoms with Gasteiger partial charge in [0.2, 0.25) is 12.7 Å². The Labute approximate surface area is 168 Å². The standard InChI is InChI=1S/C22H22N2O3S/c1-15-13-28-21(23-15)12-24(2)22(25)11-18(16-6-4-3-5-7-16)17-8-9-19-20(10-17)27-14-26-19/h3-10,13,18H,11-12,14H2,1-2H3/t18-/m1/s1. The van der Waals surface area contributed by atoms with Gasteiger partial charge in [0.25, 0.3) is 0 Å². The van der Waals surface area contributed by atoms with Crippen LogP contribution in [-0.4, -0.2) is 29.6 Å². The first-order chi connectivity index (χ1) is 13.6. The summed E-state index contributed by atoms with van der Waals surface area (Å²) in [6.45, 7) is 2.73. The molecule has 5 nitrogen and oxygen atoms in total. The van der Waals surface area contributed by atoms with E-state index in [-0.39, 0.29) is 18.6 Å². The van der Waals surface area contributed by atoms with E-state index < -0.39 is 0 Å². The van der Waals surface area contributed by atoms with Gasteiger partial charge in [-0.3, -0.25) is 4.79 Å². The lowest BCUT2D eigenvalue weighted by Crippen LogP contribution is -2.27. The van der Waals surface area contributed by atoms with Crippen molar-refractivity contribution < 1.29 is 14.3 Å². The van der Waals surface area contributed by atoms with Gasteiger partial charge in [0.05, 0.1) is 6.54 Å². The van der Waals surface area contributed by atoms with Gasteiger partial charge in [-0.25, -0.2) is 4.98 Å². The molecule has 0 bridgehead atoms. The second kappa shape index (κ2) is 8.02. The molecule has 2 aromatic carbocycles. The van der Waals surface area contributed by atoms with Crippen molar-refractivity contribution in [2.45, 2.75) is 25.8 Å². The Kier molecular flexibility index (Phi) is 5.30. The molecule has 0 unspecified atom stereocenters. The Morgan fingerprint density at radius 2 is 1.93 bits per heavy atom. The van der Waals surface area contributed by atoms with Crippen LogP contribution in [0, 0.1) is 6.92 Å². The summed E-state index contributed by atoms with van der Waals surface area (Å²) >= 11 is 1.58. The molecule has 0 radical (unpaired) electrons. The van der Waals surface area contributed by atoms with E-state index in [4.69, 9.17) is 9.47 Å². The van der Waals surface area contributed by atoms with Crippen LogP contribution in [0.1, 0.15) is 34.2 Å². The van der Waals surface area contributed by atoms with Crippen molar-refractivity contribution in [1.82, 2.24) is 9.88 Å². The van der Waals surface area contributed by atoms with Crippen molar-refractivity contribution in [2.24, 2.45) is 0 Å². The number of benzene rings is 2. The summed E-state index contributed by atoms with van der Waals surface area (Å²) in [5.41, 5.74) is 3.14. The highest BCUT2D eigenvalue weighted by molar-refractivity contribution is 7.09. The summed E-state index contributed by atoms with van der Waals surface area (Å²) in [7, 11) is 1.83. The molecule has 6 heteroatoms. The van der Waals surface area contributed by atoms with Gasteiger partial charge in [-0.2, -0.15) is 0 Å². The maximum Gasteiger partial charge on any atom is 0.231 e. The zero-order valence-electron chi connectivity index (χ0n) is 15.9. The van der Waals surface area contributed by atoms with Crippen LogP contribution in [0.25, 0.3) is 0 Å². The van der Waals surface area contributed by atoms with Crippen LogP contribution in [0.5, 0.6) is 11.5 Å². The first-order valence-corrected chi connectivity index (χ1v) is 10.1. The average molecular weight is 394 g/mol. The van der Waals surface area contributed by atoms with Gasteiger partial charge >= 0.3 is 0 Å². The molecule has 0 N–H and O–H groups in total. The van der Waals surface area contributed by atoms with Gasteiger partial charge in [-0.1, -0.05) is 36.4 Å². The third-order valence-electron chi connectivity index (χ3n) is 4.84. The third-order valence-corrected chi connectivity index (χ3v) is 5.80. The molecule has 0 spiro atoms. The maximum absolute atomic E-state index is 13.0. The monoisotopic (exact) mass is 394 g/mol. The first kappa shape index (κ1) is 18.5. The van der Waals surface area contributed by atoms with Crippen molar-refractivity contribution in [3.05, 3.63) is 75.7 Å². The van der Waals surface area contributed by atoms with Crippen LogP contribution in [0.4, 0.5) is 0 Å². The van der Waals surface area contributed by atoms with Crippen LogP contribution < -0.4 is 9.47 Å². The molecule has 28 heavy (non-hydrogen) atoms. The number of aryl methyl sites for hydroxylation is 1. The van der Waals surface area contributed by atoms with E-state index in [0.717, 1.165) is 33.3 Å². The van der Waals surface area contributed by atoms with E-state index >= 15 is 0 Å². The fourth-order valence-corrected chi connectivity index (χ4v) is 4.16. The summed E-state index contributed by atoms with van der Waals surface area (Å²) < 4.78 is 11.0. The van der Waals surface area contributed by atoms with Crippen LogP contribution in [0.3, 0.4) is 0 Å². The van der Waals surface area contributed by atoms with Crippen molar-refractivity contribution in [3.63, 3.8) is 0 Å². The van der Waals surface area contributed by atoms with Gasteiger partial charge in [0.1, 0.15) is 5.01 Å². The van der Waals surface area contributed by atoms with E-state index in [9.17, 15) is 4.79 Å². The molecule has 1 aromatic heterocycles. The smallest absolute Gasteiger partial charge is 0.231 e. The minimum atomic E-state index is -0.0521. The summed E-state index contributed by atoms with van der Waals surface area (Å²) in [4.78, 5) is 19.2. The topological polar surface area (TPSA) is 51.7 Å². The number of fused-ring (bicyclic) bond motifs is 1. The fraction of sp³-hybridized carbons (Fsp3) is 0.273. The molecule has 1 aliphatic heterocycles. The van der Waals surface area contributed by atoms with E-state index in [1.807, 2.05) is 55.7 Å². The van der Waals surface area contributed by atoms with Crippen molar-refractivity contribution in [1.29, 1.82) is 0 Å². The molecule has 0 saturated heterocycles. The number of rotatable bonds is 6. The number of thiazole rings is 1. The van der Waals surface area contributed by atoms with Crippen molar-refractivity contribution >= 4 is 17.2 Å². The fourth-order valence-electron chi connectivity index (χ4n) is 3.34. The molecule has 0 fully saturated rings. The lowest BCUT2D eigenvalue weighted by Gasteiger charge is -2.22. The van der Waals surface area contributed by atoms with Crippen LogP contribution >= 0.6 is 11.3 Å². The molecule has 144 valence electrons. The highest BCUT2D eigenvalue weighted by Gasteiger charge is 2.23. The first-order valence-electron chi connectivity index (χ1n) is 9.19. The molecule has 0 aliphatic carbocycles. The highest BCUT2D eigenvalue weighted by Crippen LogP contribution is 2.37. The lowest BCUT2D eigenvalue weighted by molar-refractivity contribution is -0.130. The quantitative estimate of drug-likeness (QED) is 0.623. The van der Waals surface area contributed by atoms with Gasteiger partial charge in [0, 0.05) is 30.5 Å². The predicted octanol–water partition coefficient (Wildman–Crippen LogP) is 4.36. The summed E-state index contributed by atoms with van der Waals surface area (Å²) in [5.74, 6) is 1.51. The lowest BCUT2D eigenvalue weighted by atomic mass is 9.88. The minimum Gasteiger partial charge on any atom is -0.454 e. The van der Waals surface area contributed by atoms with Crippen molar-refractivity contribution in [2.75, 3.05) is 13.8 Å². The van der Waals surface area contributed by atoms with Gasteiger partial charge in [-0.15, -0.1) is 11.3 Å². The molecule has 2 heterocycles. The molecule has 1 amide bonds. The Hall–Kier alpha value is -2.86. The SMILES string of the molecule is Cc1csc(CN(C)C(=O)C[C@H](c2ccccc2)c2ccc3c(c2)OCO3)n1. The number of hydrogen-bond acceptors (Lipinski definition) is 5. The van der Waals surface area contributed by atoms with Crippen LogP contribution in [0.2, 0.25) is 0 Å². The number of amides is 1. The maximum atomic E-state index is 13.0. The Balaban J connectivity index is 1.56. The van der Waals surface area contributed by atoms with E-state index in [1.54, 1.807) is 16.2 Å². The Morgan fingerprint density at radius 1 is 1.14 bits per heavy atom. The van der Waals surface area contributed by atoms with Gasteiger partial charge < -0.3 is 14.4 Å². The molecule has 3 aromatic rings. The number of carbonyl (C=O) groups excluding carboxylic acids is 1. The largest absolute Gasteiger partial charge is 0.454 e. The zero-order valence-corrected chi connectivity index (χ0v) is 16.7. The summed E-state index contributed by atoms with van der Waals surface area (Å²) in [6.07, 6.45) is 0.379. The van der Waals surface area contributed by atoms with Gasteiger partial charge in [0.15, 0.2) is 11.5 Å². The summed E-state index contributed by atoms with van der Waals surface area (Å²) in [5, 5.41) is 2.96. The van der Waals surface area contributed by atoms with Crippen molar-refractivity contribution in [3.8, 4) is 11.5 Å². The van der Waals surface area contributed by atoms with E-state index in [0.29, 0.717) is 13.0 Å². The second-order valence-corrected chi connectivity index (χ2v) is 7.86.